The molecule has 0 spiro atoms. The van der Waals surface area contributed by atoms with E-state index in [1.165, 1.54) is 0 Å². The van der Waals surface area contributed by atoms with Crippen LogP contribution in [0.2, 0.25) is 0 Å². The van der Waals surface area contributed by atoms with Crippen LogP contribution in [0.5, 0.6) is 5.75 Å². The highest BCUT2D eigenvalue weighted by molar-refractivity contribution is 6.14. The molecule has 228 valence electrons. The molecule has 5 rings (SSSR count). The van der Waals surface area contributed by atoms with E-state index in [0.29, 0.717) is 41.8 Å². The molecule has 0 aliphatic rings. The summed E-state index contributed by atoms with van der Waals surface area (Å²) in [5.74, 6) is -0.732. The molecule has 0 radical (unpaired) electrons. The van der Waals surface area contributed by atoms with Crippen molar-refractivity contribution < 1.29 is 24.2 Å². The van der Waals surface area contributed by atoms with Crippen molar-refractivity contribution in [3.05, 3.63) is 132 Å². The number of anilines is 1. The van der Waals surface area contributed by atoms with Gasteiger partial charge in [0, 0.05) is 36.7 Å². The van der Waals surface area contributed by atoms with E-state index >= 15 is 0 Å². The SMILES string of the molecule is CCOc1cccc(CCN(CCC(=O)O)C(=O)c2ccccc2-c2ccccc2C(=O)N(C)c2cccc3ccccc23)c1. The number of hydrogen-bond donors (Lipinski definition) is 1. The number of nitrogens with zero attached hydrogens (tertiary/aromatic N) is 2. The molecule has 0 unspecified atom stereocenters. The van der Waals surface area contributed by atoms with Crippen LogP contribution >= 0.6 is 0 Å². The van der Waals surface area contributed by atoms with Gasteiger partial charge in [0.1, 0.15) is 5.75 Å². The van der Waals surface area contributed by atoms with Gasteiger partial charge < -0.3 is 19.6 Å². The lowest BCUT2D eigenvalue weighted by Crippen LogP contribution is -2.35. The number of amides is 2. The normalized spacial score (nSPS) is 10.8. The van der Waals surface area contributed by atoms with Crippen LogP contribution < -0.4 is 9.64 Å². The number of carbonyl (C=O) groups excluding carboxylic acids is 2. The molecular weight excluding hydrogens is 564 g/mol. The molecule has 7 nitrogen and oxygen atoms in total. The number of ether oxygens (including phenoxy) is 1. The number of rotatable bonds is 12. The van der Waals surface area contributed by atoms with Crippen molar-refractivity contribution in [3.63, 3.8) is 0 Å². The molecule has 0 aliphatic carbocycles. The standard InChI is InChI=1S/C38H36N2O5/c1-3-45-29-15-10-12-27(26-29)22-24-40(25-23-36(41)42)38(44)34-20-9-7-18-32(34)31-17-6-8-19-33(31)37(43)39(2)35-21-11-14-28-13-4-5-16-30(28)35/h4-21,26H,3,22-25H2,1-2H3,(H,41,42). The van der Waals surface area contributed by atoms with Gasteiger partial charge in [0.15, 0.2) is 0 Å². The highest BCUT2D eigenvalue weighted by Crippen LogP contribution is 2.32. The second-order valence-electron chi connectivity index (χ2n) is 10.7. The van der Waals surface area contributed by atoms with Crippen LogP contribution in [0.4, 0.5) is 5.69 Å². The molecule has 0 aliphatic heterocycles. The van der Waals surface area contributed by atoms with Gasteiger partial charge >= 0.3 is 5.97 Å². The third-order valence-corrected chi connectivity index (χ3v) is 7.80. The summed E-state index contributed by atoms with van der Waals surface area (Å²) in [7, 11) is 1.76. The Balaban J connectivity index is 1.47. The van der Waals surface area contributed by atoms with E-state index in [1.807, 2.05) is 104 Å². The number of carbonyl (C=O) groups is 3. The summed E-state index contributed by atoms with van der Waals surface area (Å²) in [5.41, 5.74) is 3.86. The molecule has 45 heavy (non-hydrogen) atoms. The van der Waals surface area contributed by atoms with E-state index in [2.05, 4.69) is 0 Å². The largest absolute Gasteiger partial charge is 0.494 e. The lowest BCUT2D eigenvalue weighted by Gasteiger charge is -2.25. The van der Waals surface area contributed by atoms with Crippen molar-refractivity contribution >= 4 is 34.2 Å². The zero-order valence-corrected chi connectivity index (χ0v) is 25.5. The van der Waals surface area contributed by atoms with E-state index in [-0.39, 0.29) is 24.8 Å². The van der Waals surface area contributed by atoms with Crippen molar-refractivity contribution in [1.82, 2.24) is 4.90 Å². The Morgan fingerprint density at radius 2 is 1.33 bits per heavy atom. The number of fused-ring (bicyclic) bond motifs is 1. The second-order valence-corrected chi connectivity index (χ2v) is 10.7. The molecule has 1 N–H and O–H groups in total. The molecule has 5 aromatic rings. The predicted molar refractivity (Wildman–Crippen MR) is 178 cm³/mol. The topological polar surface area (TPSA) is 87.1 Å². The number of benzene rings is 5. The first kappa shape index (κ1) is 31.0. The van der Waals surface area contributed by atoms with E-state index < -0.39 is 5.97 Å². The maximum absolute atomic E-state index is 14.1. The quantitative estimate of drug-likeness (QED) is 0.162. The van der Waals surface area contributed by atoms with Gasteiger partial charge in [0.25, 0.3) is 11.8 Å². The maximum Gasteiger partial charge on any atom is 0.305 e. The number of carboxylic acids is 1. The summed E-state index contributed by atoms with van der Waals surface area (Å²) in [6.07, 6.45) is 0.344. The van der Waals surface area contributed by atoms with E-state index in [0.717, 1.165) is 27.8 Å². The van der Waals surface area contributed by atoms with Crippen molar-refractivity contribution in [2.45, 2.75) is 19.8 Å². The second kappa shape index (κ2) is 14.4. The first-order valence-electron chi connectivity index (χ1n) is 15.0. The molecule has 0 aromatic heterocycles. The van der Waals surface area contributed by atoms with Crippen LogP contribution in [0.1, 0.15) is 39.6 Å². The molecule has 0 saturated heterocycles. The maximum atomic E-state index is 14.1. The van der Waals surface area contributed by atoms with Gasteiger partial charge in [0.05, 0.1) is 18.7 Å². The molecule has 0 fully saturated rings. The molecule has 0 heterocycles. The minimum Gasteiger partial charge on any atom is -0.494 e. The number of aliphatic carboxylic acids is 1. The Bertz CT molecular complexity index is 1830. The summed E-state index contributed by atoms with van der Waals surface area (Å²) >= 11 is 0. The fourth-order valence-corrected chi connectivity index (χ4v) is 5.54. The monoisotopic (exact) mass is 600 g/mol. The lowest BCUT2D eigenvalue weighted by molar-refractivity contribution is -0.137. The summed E-state index contributed by atoms with van der Waals surface area (Å²) in [4.78, 5) is 42.9. The fraction of sp³-hybridized carbons (Fsp3) is 0.184. The van der Waals surface area contributed by atoms with Crippen molar-refractivity contribution in [2.24, 2.45) is 0 Å². The Labute approximate surface area is 263 Å². The number of hydrogen-bond acceptors (Lipinski definition) is 4. The first-order valence-corrected chi connectivity index (χ1v) is 15.0. The Morgan fingerprint density at radius 1 is 0.711 bits per heavy atom. The highest BCUT2D eigenvalue weighted by Gasteiger charge is 2.24. The van der Waals surface area contributed by atoms with Gasteiger partial charge in [-0.15, -0.1) is 0 Å². The highest BCUT2D eigenvalue weighted by atomic mass is 16.5. The van der Waals surface area contributed by atoms with Gasteiger partial charge in [-0.25, -0.2) is 0 Å². The average molecular weight is 601 g/mol. The smallest absolute Gasteiger partial charge is 0.305 e. The van der Waals surface area contributed by atoms with Crippen LogP contribution in [-0.2, 0) is 11.2 Å². The molecule has 7 heteroatoms. The van der Waals surface area contributed by atoms with Gasteiger partial charge in [-0.2, -0.15) is 0 Å². The van der Waals surface area contributed by atoms with Gasteiger partial charge in [-0.1, -0.05) is 84.9 Å². The summed E-state index contributed by atoms with van der Waals surface area (Å²) < 4.78 is 5.62. The third kappa shape index (κ3) is 7.21. The third-order valence-electron chi connectivity index (χ3n) is 7.80. The van der Waals surface area contributed by atoms with E-state index in [9.17, 15) is 19.5 Å². The van der Waals surface area contributed by atoms with Crippen LogP contribution in [0.15, 0.2) is 115 Å². The van der Waals surface area contributed by atoms with Gasteiger partial charge in [-0.3, -0.25) is 14.4 Å². The number of carboxylic acid groups (broad SMARTS) is 1. The zero-order chi connectivity index (χ0) is 31.8. The summed E-state index contributed by atoms with van der Waals surface area (Å²) in [5, 5.41) is 11.4. The Morgan fingerprint density at radius 3 is 2.04 bits per heavy atom. The van der Waals surface area contributed by atoms with Crippen LogP contribution in [0.25, 0.3) is 21.9 Å². The fourth-order valence-electron chi connectivity index (χ4n) is 5.54. The molecule has 0 atom stereocenters. The lowest BCUT2D eigenvalue weighted by atomic mass is 9.93. The van der Waals surface area contributed by atoms with Gasteiger partial charge in [0.2, 0.25) is 0 Å². The molecular formula is C38H36N2O5. The first-order chi connectivity index (χ1) is 21.9. The Kier molecular flexibility index (Phi) is 9.90. The summed E-state index contributed by atoms with van der Waals surface area (Å²) in [6.45, 7) is 2.84. The minimum atomic E-state index is -0.980. The summed E-state index contributed by atoms with van der Waals surface area (Å²) in [6, 6.07) is 35.9. The van der Waals surface area contributed by atoms with Crippen molar-refractivity contribution in [2.75, 3.05) is 31.6 Å². The van der Waals surface area contributed by atoms with E-state index in [1.54, 1.807) is 35.0 Å². The minimum absolute atomic E-state index is 0.0536. The molecule has 0 saturated carbocycles. The average Bonchev–Trinajstić information content (AvgIpc) is 3.07. The van der Waals surface area contributed by atoms with E-state index in [4.69, 9.17) is 4.74 Å². The predicted octanol–water partition coefficient (Wildman–Crippen LogP) is 7.34. The van der Waals surface area contributed by atoms with Crippen LogP contribution in [0.3, 0.4) is 0 Å². The molecule has 0 bridgehead atoms. The van der Waals surface area contributed by atoms with Crippen molar-refractivity contribution in [3.8, 4) is 16.9 Å². The molecule has 5 aromatic carbocycles. The zero-order valence-electron chi connectivity index (χ0n) is 25.5. The van der Waals surface area contributed by atoms with Crippen LogP contribution in [0, 0.1) is 0 Å². The van der Waals surface area contributed by atoms with Gasteiger partial charge in [-0.05, 0) is 65.8 Å². The molecule has 2 amide bonds. The van der Waals surface area contributed by atoms with Crippen LogP contribution in [-0.4, -0.2) is 54.5 Å². The Hall–Kier alpha value is -5.43. The van der Waals surface area contributed by atoms with Crippen molar-refractivity contribution in [1.29, 1.82) is 0 Å².